The summed E-state index contributed by atoms with van der Waals surface area (Å²) in [5.41, 5.74) is 2.52. The van der Waals surface area contributed by atoms with Crippen LogP contribution in [0.1, 0.15) is 50.7 Å². The van der Waals surface area contributed by atoms with Crippen molar-refractivity contribution < 1.29 is 8.42 Å². The van der Waals surface area contributed by atoms with Gasteiger partial charge in [-0.25, -0.2) is 13.1 Å². The van der Waals surface area contributed by atoms with E-state index in [1.54, 1.807) is 6.07 Å². The molecule has 0 heterocycles. The van der Waals surface area contributed by atoms with Crippen LogP contribution in [0.4, 0.5) is 0 Å². The fourth-order valence-electron chi connectivity index (χ4n) is 2.62. The summed E-state index contributed by atoms with van der Waals surface area (Å²) in [5.74, 6) is 0. The van der Waals surface area contributed by atoms with Crippen molar-refractivity contribution in [2.24, 2.45) is 0 Å². The third-order valence-electron chi connectivity index (χ3n) is 3.94. The third-order valence-corrected chi connectivity index (χ3v) is 5.46. The molecule has 0 amide bonds. The Bertz CT molecular complexity index is 533. The van der Waals surface area contributed by atoms with Crippen molar-refractivity contribution in [3.63, 3.8) is 0 Å². The second-order valence-corrected chi connectivity index (χ2v) is 6.99. The highest BCUT2D eigenvalue weighted by Gasteiger charge is 2.20. The molecule has 2 rings (SSSR count). The Kier molecular flexibility index (Phi) is 4.63. The summed E-state index contributed by atoms with van der Waals surface area (Å²) >= 11 is 0. The first-order chi connectivity index (χ1) is 9.06. The van der Waals surface area contributed by atoms with Gasteiger partial charge in [-0.05, 0) is 61.8 Å². The Balaban J connectivity index is 2.25. The van der Waals surface area contributed by atoms with Crippen LogP contribution in [0.15, 0.2) is 23.1 Å². The lowest BCUT2D eigenvalue weighted by Crippen LogP contribution is -2.33. The van der Waals surface area contributed by atoms with E-state index < -0.39 is 10.0 Å². The fraction of sp³-hybridized carbons (Fsp3) is 0.600. The Morgan fingerprint density at radius 3 is 2.37 bits per heavy atom. The summed E-state index contributed by atoms with van der Waals surface area (Å²) in [6, 6.07) is 5.62. The molecule has 4 heteroatoms. The average molecular weight is 281 g/mol. The summed E-state index contributed by atoms with van der Waals surface area (Å²) in [5, 5.41) is 0. The predicted octanol–water partition coefficient (Wildman–Crippen LogP) is 3.03. The van der Waals surface area contributed by atoms with Crippen LogP contribution in [0.2, 0.25) is 0 Å². The van der Waals surface area contributed by atoms with Crippen molar-refractivity contribution in [3.05, 3.63) is 29.3 Å². The second kappa shape index (κ2) is 6.06. The van der Waals surface area contributed by atoms with E-state index in [1.165, 1.54) is 17.5 Å². The van der Waals surface area contributed by atoms with Crippen LogP contribution in [-0.4, -0.2) is 14.5 Å². The van der Waals surface area contributed by atoms with Gasteiger partial charge in [-0.1, -0.05) is 19.9 Å². The lowest BCUT2D eigenvalue weighted by Gasteiger charge is -2.18. The van der Waals surface area contributed by atoms with E-state index in [0.717, 1.165) is 32.1 Å². The lowest BCUT2D eigenvalue weighted by molar-refractivity contribution is 0.530. The molecule has 0 aromatic heterocycles. The highest BCUT2D eigenvalue weighted by molar-refractivity contribution is 7.89. The molecule has 3 nitrogen and oxygen atoms in total. The zero-order valence-electron chi connectivity index (χ0n) is 11.8. The standard InChI is InChI=1S/C15H23NO2S/c1-3-14(4-2)16-19(17,18)15-10-9-12-7-5-6-8-13(12)11-15/h9-11,14,16H,3-8H2,1-2H3. The monoisotopic (exact) mass is 281 g/mol. The molecule has 0 atom stereocenters. The topological polar surface area (TPSA) is 46.2 Å². The number of nitrogens with one attached hydrogen (secondary N) is 1. The smallest absolute Gasteiger partial charge is 0.208 e. The lowest BCUT2D eigenvalue weighted by atomic mass is 9.92. The summed E-state index contributed by atoms with van der Waals surface area (Å²) in [7, 11) is -3.37. The van der Waals surface area contributed by atoms with Crippen molar-refractivity contribution in [1.29, 1.82) is 0 Å². The number of hydrogen-bond donors (Lipinski definition) is 1. The number of hydrogen-bond acceptors (Lipinski definition) is 2. The molecule has 0 fully saturated rings. The predicted molar refractivity (Wildman–Crippen MR) is 77.8 cm³/mol. The third kappa shape index (κ3) is 3.37. The van der Waals surface area contributed by atoms with Crippen LogP contribution >= 0.6 is 0 Å². The van der Waals surface area contributed by atoms with Crippen molar-refractivity contribution in [2.75, 3.05) is 0 Å². The summed E-state index contributed by atoms with van der Waals surface area (Å²) in [6.07, 6.45) is 6.10. The van der Waals surface area contributed by atoms with Crippen LogP contribution in [0.3, 0.4) is 0 Å². The fourth-order valence-corrected chi connectivity index (χ4v) is 4.07. The average Bonchev–Trinajstić information content (AvgIpc) is 2.44. The van der Waals surface area contributed by atoms with Crippen LogP contribution < -0.4 is 4.72 Å². The second-order valence-electron chi connectivity index (χ2n) is 5.27. The Morgan fingerprint density at radius 1 is 1.11 bits per heavy atom. The molecule has 1 aromatic rings. The zero-order chi connectivity index (χ0) is 13.9. The van der Waals surface area contributed by atoms with Gasteiger partial charge in [0, 0.05) is 6.04 Å². The molecule has 19 heavy (non-hydrogen) atoms. The summed E-state index contributed by atoms with van der Waals surface area (Å²) in [6.45, 7) is 4.01. The maximum Gasteiger partial charge on any atom is 0.240 e. The number of benzene rings is 1. The van der Waals surface area contributed by atoms with Gasteiger partial charge in [0.25, 0.3) is 0 Å². The molecule has 106 valence electrons. The minimum absolute atomic E-state index is 0.0287. The molecule has 0 spiro atoms. The molecule has 0 saturated carbocycles. The minimum atomic E-state index is -3.37. The maximum atomic E-state index is 12.3. The van der Waals surface area contributed by atoms with Gasteiger partial charge >= 0.3 is 0 Å². The molecule has 0 aliphatic heterocycles. The Hall–Kier alpha value is -0.870. The van der Waals surface area contributed by atoms with Gasteiger partial charge in [0.2, 0.25) is 10.0 Å². The van der Waals surface area contributed by atoms with Gasteiger partial charge in [0.15, 0.2) is 0 Å². The SMILES string of the molecule is CCC(CC)NS(=O)(=O)c1ccc2c(c1)CCCC2. The van der Waals surface area contributed by atoms with Gasteiger partial charge in [-0.3, -0.25) is 0 Å². The van der Waals surface area contributed by atoms with Crippen molar-refractivity contribution in [2.45, 2.75) is 63.3 Å². The van der Waals surface area contributed by atoms with Crippen LogP contribution in [0.5, 0.6) is 0 Å². The van der Waals surface area contributed by atoms with E-state index >= 15 is 0 Å². The van der Waals surface area contributed by atoms with Gasteiger partial charge in [0.1, 0.15) is 0 Å². The van der Waals surface area contributed by atoms with Crippen molar-refractivity contribution >= 4 is 10.0 Å². The van der Waals surface area contributed by atoms with Crippen LogP contribution in [0.25, 0.3) is 0 Å². The van der Waals surface area contributed by atoms with E-state index in [1.807, 2.05) is 26.0 Å². The molecule has 1 aromatic carbocycles. The van der Waals surface area contributed by atoms with E-state index in [9.17, 15) is 8.42 Å². The van der Waals surface area contributed by atoms with Crippen molar-refractivity contribution in [3.8, 4) is 0 Å². The van der Waals surface area contributed by atoms with Crippen LogP contribution in [-0.2, 0) is 22.9 Å². The number of fused-ring (bicyclic) bond motifs is 1. The highest BCUT2D eigenvalue weighted by atomic mass is 32.2. The maximum absolute atomic E-state index is 12.3. The summed E-state index contributed by atoms with van der Waals surface area (Å²) in [4.78, 5) is 0.417. The largest absolute Gasteiger partial charge is 0.240 e. The first kappa shape index (κ1) is 14.5. The van der Waals surface area contributed by atoms with Gasteiger partial charge < -0.3 is 0 Å². The summed E-state index contributed by atoms with van der Waals surface area (Å²) < 4.78 is 27.5. The first-order valence-corrected chi connectivity index (χ1v) is 8.69. The molecule has 0 bridgehead atoms. The van der Waals surface area contributed by atoms with E-state index in [4.69, 9.17) is 0 Å². The normalized spacial score (nSPS) is 15.5. The zero-order valence-corrected chi connectivity index (χ0v) is 12.6. The van der Waals surface area contributed by atoms with Crippen LogP contribution in [0, 0.1) is 0 Å². The van der Waals surface area contributed by atoms with Crippen molar-refractivity contribution in [1.82, 2.24) is 4.72 Å². The Labute approximate surface area is 116 Å². The molecule has 0 radical (unpaired) electrons. The molecular weight excluding hydrogens is 258 g/mol. The quantitative estimate of drug-likeness (QED) is 0.901. The van der Waals surface area contributed by atoms with Gasteiger partial charge in [0.05, 0.1) is 4.90 Å². The van der Waals surface area contributed by atoms with Gasteiger partial charge in [-0.15, -0.1) is 0 Å². The molecule has 1 aliphatic carbocycles. The Morgan fingerprint density at radius 2 is 1.74 bits per heavy atom. The van der Waals surface area contributed by atoms with Gasteiger partial charge in [-0.2, -0.15) is 0 Å². The molecule has 1 N–H and O–H groups in total. The molecular formula is C15H23NO2S. The van der Waals surface area contributed by atoms with E-state index in [2.05, 4.69) is 4.72 Å². The molecule has 0 saturated heterocycles. The number of sulfonamides is 1. The molecule has 0 unspecified atom stereocenters. The molecule has 1 aliphatic rings. The first-order valence-electron chi connectivity index (χ1n) is 7.21. The highest BCUT2D eigenvalue weighted by Crippen LogP contribution is 2.24. The minimum Gasteiger partial charge on any atom is -0.208 e. The number of rotatable bonds is 5. The number of aryl methyl sites for hydroxylation is 2. The van der Waals surface area contributed by atoms with E-state index in [-0.39, 0.29) is 6.04 Å². The van der Waals surface area contributed by atoms with E-state index in [0.29, 0.717) is 4.90 Å².